The van der Waals surface area contributed by atoms with E-state index in [1.165, 1.54) is 0 Å². The van der Waals surface area contributed by atoms with Crippen LogP contribution in [0.2, 0.25) is 0 Å². The van der Waals surface area contributed by atoms with E-state index in [0.29, 0.717) is 17.2 Å². The Morgan fingerprint density at radius 3 is 2.10 bits per heavy atom. The largest absolute Gasteiger partial charge is 0.496 e. The number of pyridine rings is 1. The van der Waals surface area contributed by atoms with Gasteiger partial charge in [0.25, 0.3) is 0 Å². The number of rotatable bonds is 5. The van der Waals surface area contributed by atoms with Crippen molar-refractivity contribution in [1.82, 2.24) is 4.98 Å². The summed E-state index contributed by atoms with van der Waals surface area (Å²) in [6.45, 7) is 0. The minimum Gasteiger partial charge on any atom is -0.496 e. The van der Waals surface area contributed by atoms with Gasteiger partial charge in [-0.15, -0.1) is 0 Å². The van der Waals surface area contributed by atoms with Gasteiger partial charge in [-0.2, -0.15) is 0 Å². The van der Waals surface area contributed by atoms with Gasteiger partial charge in [0.1, 0.15) is 17.2 Å². The molecule has 0 fully saturated rings. The van der Waals surface area contributed by atoms with E-state index in [0.717, 1.165) is 11.1 Å². The van der Waals surface area contributed by atoms with Gasteiger partial charge < -0.3 is 19.9 Å². The average Bonchev–Trinajstić information content (AvgIpc) is 2.53. The lowest BCUT2D eigenvalue weighted by Crippen LogP contribution is -2.15. The number of aromatic nitrogens is 1. The Morgan fingerprint density at radius 2 is 1.55 bits per heavy atom. The normalized spacial score (nSPS) is 11.8. The van der Waals surface area contributed by atoms with Gasteiger partial charge in [0.15, 0.2) is 0 Å². The van der Waals surface area contributed by atoms with E-state index in [1.54, 1.807) is 33.7 Å². The number of benzene rings is 1. The van der Waals surface area contributed by atoms with Crippen LogP contribution >= 0.6 is 0 Å². The fourth-order valence-electron chi connectivity index (χ4n) is 2.16. The first-order chi connectivity index (χ1) is 9.72. The second-order valence-corrected chi connectivity index (χ2v) is 4.17. The lowest BCUT2D eigenvalue weighted by atomic mass is 9.98. The summed E-state index contributed by atoms with van der Waals surface area (Å²) in [5.41, 5.74) is 7.98. The van der Waals surface area contributed by atoms with Crippen LogP contribution in [0.5, 0.6) is 17.2 Å². The quantitative estimate of drug-likeness (QED) is 0.905. The maximum absolute atomic E-state index is 6.38. The first kappa shape index (κ1) is 14.1. The van der Waals surface area contributed by atoms with Crippen molar-refractivity contribution < 1.29 is 14.2 Å². The van der Waals surface area contributed by atoms with Crippen molar-refractivity contribution in [2.75, 3.05) is 21.3 Å². The SMILES string of the molecule is COc1cnccc1C(N)c1c(OC)cccc1OC. The summed E-state index contributed by atoms with van der Waals surface area (Å²) < 4.78 is 16.1. The van der Waals surface area contributed by atoms with E-state index in [2.05, 4.69) is 4.98 Å². The molecule has 0 spiro atoms. The lowest BCUT2D eigenvalue weighted by Gasteiger charge is -2.20. The van der Waals surface area contributed by atoms with Crippen LogP contribution in [0.25, 0.3) is 0 Å². The molecule has 0 bridgehead atoms. The molecule has 20 heavy (non-hydrogen) atoms. The third-order valence-corrected chi connectivity index (χ3v) is 3.15. The molecule has 0 saturated carbocycles. The second kappa shape index (κ2) is 6.25. The van der Waals surface area contributed by atoms with Gasteiger partial charge in [-0.05, 0) is 18.2 Å². The van der Waals surface area contributed by atoms with Crippen molar-refractivity contribution in [3.8, 4) is 17.2 Å². The van der Waals surface area contributed by atoms with E-state index in [1.807, 2.05) is 24.3 Å². The van der Waals surface area contributed by atoms with Crippen LogP contribution in [0.1, 0.15) is 17.2 Å². The molecular weight excluding hydrogens is 256 g/mol. The first-order valence-corrected chi connectivity index (χ1v) is 6.17. The topological polar surface area (TPSA) is 66.6 Å². The van der Waals surface area contributed by atoms with Crippen LogP contribution < -0.4 is 19.9 Å². The minimum absolute atomic E-state index is 0.431. The predicted molar refractivity (Wildman–Crippen MR) is 76.4 cm³/mol. The zero-order chi connectivity index (χ0) is 14.5. The molecule has 106 valence electrons. The fourth-order valence-corrected chi connectivity index (χ4v) is 2.16. The molecule has 0 saturated heterocycles. The molecular formula is C15H18N2O3. The predicted octanol–water partition coefficient (Wildman–Crippen LogP) is 2.16. The summed E-state index contributed by atoms with van der Waals surface area (Å²) in [5.74, 6) is 1.99. The third-order valence-electron chi connectivity index (χ3n) is 3.15. The van der Waals surface area contributed by atoms with Crippen molar-refractivity contribution in [3.05, 3.63) is 47.8 Å². The Balaban J connectivity index is 2.55. The molecule has 2 aromatic rings. The smallest absolute Gasteiger partial charge is 0.142 e. The molecule has 1 aromatic heterocycles. The second-order valence-electron chi connectivity index (χ2n) is 4.17. The Kier molecular flexibility index (Phi) is 4.42. The van der Waals surface area contributed by atoms with E-state index in [-0.39, 0.29) is 0 Å². The van der Waals surface area contributed by atoms with Crippen LogP contribution in [0, 0.1) is 0 Å². The maximum atomic E-state index is 6.38. The van der Waals surface area contributed by atoms with Crippen LogP contribution in [-0.4, -0.2) is 26.3 Å². The number of hydrogen-bond donors (Lipinski definition) is 1. The van der Waals surface area contributed by atoms with E-state index in [9.17, 15) is 0 Å². The summed E-state index contributed by atoms with van der Waals surface area (Å²) >= 11 is 0. The van der Waals surface area contributed by atoms with E-state index < -0.39 is 6.04 Å². The lowest BCUT2D eigenvalue weighted by molar-refractivity contribution is 0.379. The highest BCUT2D eigenvalue weighted by Crippen LogP contribution is 2.38. The number of hydrogen-bond acceptors (Lipinski definition) is 5. The molecule has 5 heteroatoms. The highest BCUT2D eigenvalue weighted by atomic mass is 16.5. The molecule has 1 unspecified atom stereocenters. The van der Waals surface area contributed by atoms with Crippen molar-refractivity contribution in [3.63, 3.8) is 0 Å². The molecule has 1 aromatic carbocycles. The Hall–Kier alpha value is -2.27. The number of ether oxygens (including phenoxy) is 3. The van der Waals surface area contributed by atoms with Crippen molar-refractivity contribution in [2.24, 2.45) is 5.73 Å². The van der Waals surface area contributed by atoms with Crippen LogP contribution in [0.15, 0.2) is 36.7 Å². The summed E-state index contributed by atoms with van der Waals surface area (Å²) in [6, 6.07) is 6.96. The summed E-state index contributed by atoms with van der Waals surface area (Å²) in [6.07, 6.45) is 3.32. The number of nitrogens with zero attached hydrogens (tertiary/aromatic N) is 1. The molecule has 0 aliphatic heterocycles. The van der Waals surface area contributed by atoms with Crippen molar-refractivity contribution in [1.29, 1.82) is 0 Å². The maximum Gasteiger partial charge on any atom is 0.142 e. The third kappa shape index (κ3) is 2.53. The van der Waals surface area contributed by atoms with Crippen LogP contribution in [0.3, 0.4) is 0 Å². The molecule has 5 nitrogen and oxygen atoms in total. The minimum atomic E-state index is -0.431. The molecule has 1 heterocycles. The van der Waals surface area contributed by atoms with Gasteiger partial charge in [0.05, 0.1) is 39.1 Å². The number of nitrogens with two attached hydrogens (primary N) is 1. The zero-order valence-electron chi connectivity index (χ0n) is 11.8. The average molecular weight is 274 g/mol. The van der Waals surface area contributed by atoms with Crippen LogP contribution in [-0.2, 0) is 0 Å². The highest BCUT2D eigenvalue weighted by molar-refractivity contribution is 5.52. The Bertz CT molecular complexity index is 565. The molecule has 0 aliphatic rings. The van der Waals surface area contributed by atoms with Gasteiger partial charge in [-0.25, -0.2) is 0 Å². The molecule has 2 rings (SSSR count). The number of methoxy groups -OCH3 is 3. The van der Waals surface area contributed by atoms with Crippen molar-refractivity contribution >= 4 is 0 Å². The molecule has 2 N–H and O–H groups in total. The fraction of sp³-hybridized carbons (Fsp3) is 0.267. The first-order valence-electron chi connectivity index (χ1n) is 6.17. The van der Waals surface area contributed by atoms with Crippen molar-refractivity contribution in [2.45, 2.75) is 6.04 Å². The summed E-state index contributed by atoms with van der Waals surface area (Å²) in [4.78, 5) is 4.03. The van der Waals surface area contributed by atoms with E-state index in [4.69, 9.17) is 19.9 Å². The molecule has 0 aliphatic carbocycles. The zero-order valence-corrected chi connectivity index (χ0v) is 11.8. The molecule has 1 atom stereocenters. The summed E-state index contributed by atoms with van der Waals surface area (Å²) in [5, 5.41) is 0. The standard InChI is InChI=1S/C15H18N2O3/c1-18-11-5-4-6-12(19-2)14(11)15(16)10-7-8-17-9-13(10)20-3/h4-9,15H,16H2,1-3H3. The monoisotopic (exact) mass is 274 g/mol. The molecule has 0 radical (unpaired) electrons. The highest BCUT2D eigenvalue weighted by Gasteiger charge is 2.21. The Labute approximate surface area is 118 Å². The van der Waals surface area contributed by atoms with Gasteiger partial charge >= 0.3 is 0 Å². The molecule has 0 amide bonds. The van der Waals surface area contributed by atoms with Gasteiger partial charge in [-0.3, -0.25) is 4.98 Å². The van der Waals surface area contributed by atoms with Gasteiger partial charge in [0.2, 0.25) is 0 Å². The van der Waals surface area contributed by atoms with Crippen LogP contribution in [0.4, 0.5) is 0 Å². The van der Waals surface area contributed by atoms with Gasteiger partial charge in [-0.1, -0.05) is 6.07 Å². The Morgan fingerprint density at radius 1 is 0.950 bits per heavy atom. The van der Waals surface area contributed by atoms with Gasteiger partial charge in [0, 0.05) is 11.8 Å². The summed E-state index contributed by atoms with van der Waals surface area (Å²) in [7, 11) is 4.80. The van der Waals surface area contributed by atoms with E-state index >= 15 is 0 Å².